The Morgan fingerprint density at radius 3 is 2.29 bits per heavy atom. The normalized spacial score (nSPS) is 13.3. The highest BCUT2D eigenvalue weighted by atomic mass is 16.5. The van der Waals surface area contributed by atoms with Gasteiger partial charge in [0.15, 0.2) is 0 Å². The van der Waals surface area contributed by atoms with Gasteiger partial charge < -0.3 is 14.7 Å². The Kier molecular flexibility index (Phi) is 6.21. The lowest BCUT2D eigenvalue weighted by Gasteiger charge is -2.23. The lowest BCUT2D eigenvalue weighted by Crippen LogP contribution is -2.38. The average Bonchev–Trinajstić information content (AvgIpc) is 2.46. The van der Waals surface area contributed by atoms with Crippen LogP contribution in [0.5, 0.6) is 5.75 Å². The molecule has 0 saturated heterocycles. The van der Waals surface area contributed by atoms with Crippen molar-refractivity contribution in [2.75, 3.05) is 20.2 Å². The second kappa shape index (κ2) is 7.67. The molecule has 0 spiro atoms. The Bertz CT molecular complexity index is 484. The SMILES string of the molecule is Cc1ccc(OCCN(C)C(=O)C(C)C(C)C(=O)O)cc1. The highest BCUT2D eigenvalue weighted by molar-refractivity contribution is 5.84. The van der Waals surface area contributed by atoms with Crippen molar-refractivity contribution in [2.45, 2.75) is 20.8 Å². The Labute approximate surface area is 125 Å². The van der Waals surface area contributed by atoms with Crippen molar-refractivity contribution in [3.05, 3.63) is 29.8 Å². The summed E-state index contributed by atoms with van der Waals surface area (Å²) in [4.78, 5) is 24.5. The van der Waals surface area contributed by atoms with E-state index in [2.05, 4.69) is 0 Å². The minimum atomic E-state index is -0.958. The highest BCUT2D eigenvalue weighted by Gasteiger charge is 2.27. The molecule has 0 aliphatic carbocycles. The molecule has 0 aromatic heterocycles. The van der Waals surface area contributed by atoms with Gasteiger partial charge in [-0.3, -0.25) is 9.59 Å². The van der Waals surface area contributed by atoms with Gasteiger partial charge in [-0.2, -0.15) is 0 Å². The number of carboxylic acid groups (broad SMARTS) is 1. The molecule has 116 valence electrons. The second-order valence-corrected chi connectivity index (χ2v) is 5.34. The molecule has 0 radical (unpaired) electrons. The summed E-state index contributed by atoms with van der Waals surface area (Å²) < 4.78 is 5.56. The summed E-state index contributed by atoms with van der Waals surface area (Å²) in [6.45, 7) is 5.98. The molecule has 1 amide bonds. The second-order valence-electron chi connectivity index (χ2n) is 5.34. The summed E-state index contributed by atoms with van der Waals surface area (Å²) in [5.41, 5.74) is 1.16. The van der Waals surface area contributed by atoms with Gasteiger partial charge in [0.05, 0.1) is 12.5 Å². The molecule has 2 unspecified atom stereocenters. The van der Waals surface area contributed by atoms with Crippen LogP contribution in [0.3, 0.4) is 0 Å². The van der Waals surface area contributed by atoms with E-state index >= 15 is 0 Å². The fraction of sp³-hybridized carbons (Fsp3) is 0.500. The third kappa shape index (κ3) is 5.10. The van der Waals surface area contributed by atoms with Crippen molar-refractivity contribution in [2.24, 2.45) is 11.8 Å². The molecule has 0 fully saturated rings. The summed E-state index contributed by atoms with van der Waals surface area (Å²) in [7, 11) is 1.66. The molecule has 21 heavy (non-hydrogen) atoms. The van der Waals surface area contributed by atoms with E-state index in [0.717, 1.165) is 11.3 Å². The van der Waals surface area contributed by atoms with Gasteiger partial charge >= 0.3 is 5.97 Å². The van der Waals surface area contributed by atoms with Crippen molar-refractivity contribution < 1.29 is 19.4 Å². The lowest BCUT2D eigenvalue weighted by molar-refractivity contribution is -0.148. The number of aliphatic carboxylic acids is 1. The van der Waals surface area contributed by atoms with Crippen LogP contribution in [0.4, 0.5) is 0 Å². The first-order valence-corrected chi connectivity index (χ1v) is 7.00. The molecule has 0 saturated carbocycles. The zero-order valence-corrected chi connectivity index (χ0v) is 13.0. The van der Waals surface area contributed by atoms with Gasteiger partial charge in [0, 0.05) is 13.0 Å². The molecule has 0 bridgehead atoms. The first kappa shape index (κ1) is 17.0. The van der Waals surface area contributed by atoms with Gasteiger partial charge in [-0.15, -0.1) is 0 Å². The number of ether oxygens (including phenoxy) is 1. The molecule has 1 N–H and O–H groups in total. The van der Waals surface area contributed by atoms with Crippen LogP contribution in [0.15, 0.2) is 24.3 Å². The number of hydrogen-bond donors (Lipinski definition) is 1. The van der Waals surface area contributed by atoms with Crippen LogP contribution in [0, 0.1) is 18.8 Å². The van der Waals surface area contributed by atoms with Crippen molar-refractivity contribution in [1.82, 2.24) is 4.90 Å². The molecule has 0 aliphatic rings. The number of benzene rings is 1. The van der Waals surface area contributed by atoms with Crippen molar-refractivity contribution in [3.8, 4) is 5.75 Å². The van der Waals surface area contributed by atoms with E-state index in [1.165, 1.54) is 4.90 Å². The maximum absolute atomic E-state index is 12.1. The number of carbonyl (C=O) groups is 2. The molecule has 1 aromatic rings. The van der Waals surface area contributed by atoms with Gasteiger partial charge in [0.25, 0.3) is 0 Å². The largest absolute Gasteiger partial charge is 0.492 e. The van der Waals surface area contributed by atoms with Crippen LogP contribution in [-0.2, 0) is 9.59 Å². The third-order valence-corrected chi connectivity index (χ3v) is 3.62. The van der Waals surface area contributed by atoms with E-state index in [4.69, 9.17) is 9.84 Å². The number of carbonyl (C=O) groups excluding carboxylic acids is 1. The van der Waals surface area contributed by atoms with Gasteiger partial charge in [-0.1, -0.05) is 31.5 Å². The maximum atomic E-state index is 12.1. The maximum Gasteiger partial charge on any atom is 0.307 e. The van der Waals surface area contributed by atoms with E-state index in [9.17, 15) is 9.59 Å². The number of carboxylic acids is 1. The smallest absolute Gasteiger partial charge is 0.307 e. The number of aryl methyl sites for hydroxylation is 1. The van der Waals surface area contributed by atoms with Gasteiger partial charge in [0.1, 0.15) is 12.4 Å². The Hall–Kier alpha value is -2.04. The molecular formula is C16H23NO4. The Morgan fingerprint density at radius 2 is 1.76 bits per heavy atom. The van der Waals surface area contributed by atoms with Gasteiger partial charge in [-0.05, 0) is 19.1 Å². The quantitative estimate of drug-likeness (QED) is 0.837. The van der Waals surface area contributed by atoms with Crippen LogP contribution in [0.1, 0.15) is 19.4 Å². The number of rotatable bonds is 7. The monoisotopic (exact) mass is 293 g/mol. The summed E-state index contributed by atoms with van der Waals surface area (Å²) in [5.74, 6) is -1.63. The van der Waals surface area contributed by atoms with Crippen LogP contribution < -0.4 is 4.74 Å². The van der Waals surface area contributed by atoms with Crippen molar-refractivity contribution in [1.29, 1.82) is 0 Å². The predicted octanol–water partition coefficient (Wildman–Crippen LogP) is 2.19. The number of hydrogen-bond acceptors (Lipinski definition) is 3. The molecule has 1 rings (SSSR count). The number of likely N-dealkylation sites (N-methyl/N-ethyl adjacent to an activating group) is 1. The Balaban J connectivity index is 2.42. The van der Waals surface area contributed by atoms with E-state index in [1.54, 1.807) is 20.9 Å². The highest BCUT2D eigenvalue weighted by Crippen LogP contribution is 2.14. The average molecular weight is 293 g/mol. The minimum absolute atomic E-state index is 0.183. The minimum Gasteiger partial charge on any atom is -0.492 e. The summed E-state index contributed by atoms with van der Waals surface area (Å²) in [6.07, 6.45) is 0. The van der Waals surface area contributed by atoms with E-state index in [1.807, 2.05) is 31.2 Å². The standard InChI is InChI=1S/C16H23NO4/c1-11-5-7-14(8-6-11)21-10-9-17(4)15(18)12(2)13(3)16(19)20/h5-8,12-13H,9-10H2,1-4H3,(H,19,20). The molecular weight excluding hydrogens is 270 g/mol. The molecule has 0 aliphatic heterocycles. The summed E-state index contributed by atoms with van der Waals surface area (Å²) in [5, 5.41) is 8.93. The summed E-state index contributed by atoms with van der Waals surface area (Å²) >= 11 is 0. The fourth-order valence-electron chi connectivity index (χ4n) is 1.82. The van der Waals surface area contributed by atoms with Gasteiger partial charge in [-0.25, -0.2) is 0 Å². The topological polar surface area (TPSA) is 66.8 Å². The van der Waals surface area contributed by atoms with Crippen LogP contribution in [0.25, 0.3) is 0 Å². The van der Waals surface area contributed by atoms with Crippen LogP contribution in [0.2, 0.25) is 0 Å². The number of nitrogens with zero attached hydrogens (tertiary/aromatic N) is 1. The molecule has 2 atom stereocenters. The van der Waals surface area contributed by atoms with Crippen molar-refractivity contribution >= 4 is 11.9 Å². The van der Waals surface area contributed by atoms with E-state index in [0.29, 0.717) is 13.2 Å². The van der Waals surface area contributed by atoms with Crippen LogP contribution in [-0.4, -0.2) is 42.1 Å². The first-order valence-electron chi connectivity index (χ1n) is 7.00. The van der Waals surface area contributed by atoms with Crippen LogP contribution >= 0.6 is 0 Å². The zero-order chi connectivity index (χ0) is 16.0. The summed E-state index contributed by atoms with van der Waals surface area (Å²) in [6, 6.07) is 7.68. The predicted molar refractivity (Wildman–Crippen MR) is 80.3 cm³/mol. The van der Waals surface area contributed by atoms with E-state index < -0.39 is 17.8 Å². The Morgan fingerprint density at radius 1 is 1.19 bits per heavy atom. The molecule has 5 heteroatoms. The van der Waals surface area contributed by atoms with Crippen molar-refractivity contribution in [3.63, 3.8) is 0 Å². The fourth-order valence-corrected chi connectivity index (χ4v) is 1.82. The zero-order valence-electron chi connectivity index (χ0n) is 13.0. The molecule has 1 aromatic carbocycles. The lowest BCUT2D eigenvalue weighted by atomic mass is 9.95. The molecule has 5 nitrogen and oxygen atoms in total. The third-order valence-electron chi connectivity index (χ3n) is 3.62. The van der Waals surface area contributed by atoms with Gasteiger partial charge in [0.2, 0.25) is 5.91 Å². The van der Waals surface area contributed by atoms with E-state index in [-0.39, 0.29) is 5.91 Å². The molecule has 0 heterocycles. The number of amides is 1. The first-order chi connectivity index (χ1) is 9.82.